The molecule has 3 rings (SSSR count). The number of nitrogens with one attached hydrogen (secondary N) is 1. The molecule has 30 heavy (non-hydrogen) atoms. The number of carbonyl (C=O) groups is 2. The third-order valence-electron chi connectivity index (χ3n) is 4.66. The quantitative estimate of drug-likeness (QED) is 0.778. The van der Waals surface area contributed by atoms with Gasteiger partial charge < -0.3 is 14.8 Å². The normalized spacial score (nSPS) is 20.7. The number of halogens is 1. The summed E-state index contributed by atoms with van der Waals surface area (Å²) in [4.78, 5) is 27.7. The van der Waals surface area contributed by atoms with Crippen LogP contribution >= 0.6 is 0 Å². The van der Waals surface area contributed by atoms with Crippen molar-refractivity contribution in [3.8, 4) is 0 Å². The Kier molecular flexibility index (Phi) is 5.85. The van der Waals surface area contributed by atoms with E-state index >= 15 is 0 Å². The molecule has 2 amide bonds. The summed E-state index contributed by atoms with van der Waals surface area (Å²) in [6.07, 6.45) is -1.56. The Balaban J connectivity index is 1.96. The minimum absolute atomic E-state index is 0.399. The largest absolute Gasteiger partial charge is 0.444 e. The predicted octanol–water partition coefficient (Wildman–Crippen LogP) is 4.88. The monoisotopic (exact) mass is 414 g/mol. The van der Waals surface area contributed by atoms with Gasteiger partial charge in [-0.05, 0) is 64.4 Å². The SMILES string of the molecule is CC(C)(C)OC(=O)N1[C@@H](c2ccccc2)[C@H](C(=O)Nc2ccc(F)cc2)OC1(C)C. The third kappa shape index (κ3) is 4.79. The molecule has 1 N–H and O–H groups in total. The molecule has 0 bridgehead atoms. The predicted molar refractivity (Wildman–Crippen MR) is 111 cm³/mol. The van der Waals surface area contributed by atoms with Crippen LogP contribution in [0.15, 0.2) is 54.6 Å². The molecule has 0 saturated carbocycles. The van der Waals surface area contributed by atoms with Crippen LogP contribution in [0.5, 0.6) is 0 Å². The van der Waals surface area contributed by atoms with Gasteiger partial charge in [-0.1, -0.05) is 30.3 Å². The summed E-state index contributed by atoms with van der Waals surface area (Å²) < 4.78 is 24.9. The lowest BCUT2D eigenvalue weighted by Crippen LogP contribution is -2.47. The topological polar surface area (TPSA) is 67.9 Å². The van der Waals surface area contributed by atoms with Crippen molar-refractivity contribution in [1.82, 2.24) is 4.90 Å². The highest BCUT2D eigenvalue weighted by Gasteiger charge is 2.54. The first-order valence-electron chi connectivity index (χ1n) is 9.79. The molecule has 1 fully saturated rings. The first kappa shape index (κ1) is 21.8. The van der Waals surface area contributed by atoms with Gasteiger partial charge in [0.1, 0.15) is 17.1 Å². The zero-order valence-electron chi connectivity index (χ0n) is 17.8. The van der Waals surface area contributed by atoms with Gasteiger partial charge >= 0.3 is 6.09 Å². The molecule has 1 aliphatic rings. The highest BCUT2D eigenvalue weighted by Crippen LogP contribution is 2.42. The fourth-order valence-corrected chi connectivity index (χ4v) is 3.46. The number of carbonyl (C=O) groups excluding carboxylic acids is 2. The minimum Gasteiger partial charge on any atom is -0.444 e. The first-order chi connectivity index (χ1) is 14.0. The van der Waals surface area contributed by atoms with E-state index in [-0.39, 0.29) is 0 Å². The number of rotatable bonds is 3. The highest BCUT2D eigenvalue weighted by atomic mass is 19.1. The number of benzene rings is 2. The third-order valence-corrected chi connectivity index (χ3v) is 4.66. The summed E-state index contributed by atoms with van der Waals surface area (Å²) in [6.45, 7) is 8.79. The van der Waals surface area contributed by atoms with E-state index < -0.39 is 41.3 Å². The van der Waals surface area contributed by atoms with Crippen LogP contribution in [0, 0.1) is 5.82 Å². The van der Waals surface area contributed by atoms with E-state index in [2.05, 4.69) is 5.32 Å². The van der Waals surface area contributed by atoms with E-state index in [1.54, 1.807) is 34.6 Å². The van der Waals surface area contributed by atoms with Crippen molar-refractivity contribution in [2.24, 2.45) is 0 Å². The Morgan fingerprint density at radius 2 is 1.67 bits per heavy atom. The van der Waals surface area contributed by atoms with Crippen molar-refractivity contribution < 1.29 is 23.5 Å². The summed E-state index contributed by atoms with van der Waals surface area (Å²) in [6, 6.07) is 14.0. The number of ether oxygens (including phenoxy) is 2. The van der Waals surface area contributed by atoms with Gasteiger partial charge in [-0.15, -0.1) is 0 Å². The maximum absolute atomic E-state index is 13.2. The maximum atomic E-state index is 13.2. The van der Waals surface area contributed by atoms with Gasteiger partial charge in [0, 0.05) is 5.69 Å². The fourth-order valence-electron chi connectivity index (χ4n) is 3.46. The van der Waals surface area contributed by atoms with Crippen LogP contribution < -0.4 is 5.32 Å². The smallest absolute Gasteiger partial charge is 0.413 e. The van der Waals surface area contributed by atoms with Crippen LogP contribution in [-0.2, 0) is 14.3 Å². The maximum Gasteiger partial charge on any atom is 0.413 e. The van der Waals surface area contributed by atoms with Crippen molar-refractivity contribution in [1.29, 1.82) is 0 Å². The van der Waals surface area contributed by atoms with Crippen LogP contribution in [-0.4, -0.2) is 34.3 Å². The zero-order valence-corrected chi connectivity index (χ0v) is 17.8. The minimum atomic E-state index is -1.09. The molecule has 7 heteroatoms. The van der Waals surface area contributed by atoms with Crippen molar-refractivity contribution in [2.75, 3.05) is 5.32 Å². The number of hydrogen-bond donors (Lipinski definition) is 1. The van der Waals surface area contributed by atoms with E-state index in [4.69, 9.17) is 9.47 Å². The summed E-state index contributed by atoms with van der Waals surface area (Å²) in [5.74, 6) is -0.834. The Hall–Kier alpha value is -2.93. The molecular weight excluding hydrogens is 387 g/mol. The van der Waals surface area contributed by atoms with Gasteiger partial charge in [-0.3, -0.25) is 9.69 Å². The molecule has 2 atom stereocenters. The molecular formula is C23H27FN2O4. The van der Waals surface area contributed by atoms with E-state index in [0.29, 0.717) is 5.69 Å². The molecule has 2 aromatic rings. The number of nitrogens with zero attached hydrogens (tertiary/aromatic N) is 1. The zero-order chi connectivity index (χ0) is 22.1. The molecule has 0 radical (unpaired) electrons. The molecule has 0 unspecified atom stereocenters. The van der Waals surface area contributed by atoms with E-state index in [9.17, 15) is 14.0 Å². The lowest BCUT2D eigenvalue weighted by atomic mass is 9.99. The van der Waals surface area contributed by atoms with Crippen molar-refractivity contribution >= 4 is 17.7 Å². The van der Waals surface area contributed by atoms with Crippen LogP contribution in [0.3, 0.4) is 0 Å². The molecule has 0 spiro atoms. The van der Waals surface area contributed by atoms with Crippen LogP contribution in [0.4, 0.5) is 14.9 Å². The molecule has 1 aliphatic heterocycles. The Bertz CT molecular complexity index is 907. The van der Waals surface area contributed by atoms with Gasteiger partial charge in [-0.25, -0.2) is 9.18 Å². The number of hydrogen-bond acceptors (Lipinski definition) is 4. The van der Waals surface area contributed by atoms with E-state index in [1.165, 1.54) is 29.2 Å². The second-order valence-electron chi connectivity index (χ2n) is 8.69. The first-order valence-corrected chi connectivity index (χ1v) is 9.79. The lowest BCUT2D eigenvalue weighted by molar-refractivity contribution is -0.133. The molecule has 0 aromatic heterocycles. The second-order valence-corrected chi connectivity index (χ2v) is 8.69. The molecule has 1 heterocycles. The summed E-state index contributed by atoms with van der Waals surface area (Å²) in [5.41, 5.74) is -0.616. The van der Waals surface area contributed by atoms with Crippen LogP contribution in [0.25, 0.3) is 0 Å². The number of anilines is 1. The summed E-state index contributed by atoms with van der Waals surface area (Å²) in [7, 11) is 0. The Morgan fingerprint density at radius 3 is 2.23 bits per heavy atom. The molecule has 160 valence electrons. The van der Waals surface area contributed by atoms with Crippen LogP contribution in [0.1, 0.15) is 46.2 Å². The standard InChI is InChI=1S/C23H27FN2O4/c1-22(2,3)30-21(28)26-18(15-9-7-6-8-10-15)19(29-23(26,4)5)20(27)25-17-13-11-16(24)12-14-17/h6-14,18-19H,1-5H3,(H,25,27)/t18-,19+/m0/s1. The average molecular weight is 414 g/mol. The van der Waals surface area contributed by atoms with Crippen molar-refractivity contribution in [3.05, 3.63) is 66.0 Å². The lowest BCUT2D eigenvalue weighted by Gasteiger charge is -2.35. The van der Waals surface area contributed by atoms with Gasteiger partial charge in [0.25, 0.3) is 5.91 Å². The molecule has 0 aliphatic carbocycles. The molecule has 1 saturated heterocycles. The van der Waals surface area contributed by atoms with Gasteiger partial charge in [0.2, 0.25) is 0 Å². The van der Waals surface area contributed by atoms with Crippen LogP contribution in [0.2, 0.25) is 0 Å². The molecule has 2 aromatic carbocycles. The summed E-state index contributed by atoms with van der Waals surface area (Å²) >= 11 is 0. The average Bonchev–Trinajstić information content (AvgIpc) is 2.94. The van der Waals surface area contributed by atoms with E-state index in [0.717, 1.165) is 5.56 Å². The molecule has 6 nitrogen and oxygen atoms in total. The van der Waals surface area contributed by atoms with Gasteiger partial charge in [-0.2, -0.15) is 0 Å². The van der Waals surface area contributed by atoms with Gasteiger partial charge in [0.15, 0.2) is 6.10 Å². The van der Waals surface area contributed by atoms with Crippen molar-refractivity contribution in [3.63, 3.8) is 0 Å². The van der Waals surface area contributed by atoms with E-state index in [1.807, 2.05) is 30.3 Å². The fraction of sp³-hybridized carbons (Fsp3) is 0.391. The Labute approximate surface area is 176 Å². The Morgan fingerprint density at radius 1 is 1.07 bits per heavy atom. The summed E-state index contributed by atoms with van der Waals surface area (Å²) in [5, 5.41) is 2.75. The highest BCUT2D eigenvalue weighted by molar-refractivity contribution is 5.95. The van der Waals surface area contributed by atoms with Crippen molar-refractivity contribution in [2.45, 2.75) is 58.1 Å². The van der Waals surface area contributed by atoms with Gasteiger partial charge in [0.05, 0.1) is 6.04 Å². The second kappa shape index (κ2) is 8.07. The number of amides is 2.